The van der Waals surface area contributed by atoms with Crippen LogP contribution in [0, 0.1) is 6.92 Å². The maximum Gasteiger partial charge on any atom is 0.160 e. The summed E-state index contributed by atoms with van der Waals surface area (Å²) in [7, 11) is 0. The molecule has 4 aromatic carbocycles. The Labute approximate surface area is 247 Å². The summed E-state index contributed by atoms with van der Waals surface area (Å²) in [6, 6.07) is 38.3. The van der Waals surface area contributed by atoms with E-state index in [-0.39, 0.29) is 0 Å². The minimum Gasteiger partial charge on any atom is -0.251 e. The molecule has 42 heavy (non-hydrogen) atoms. The maximum atomic E-state index is 5.20. The largest absolute Gasteiger partial charge is 0.251 e. The standard InChI is InChI=1S/C37H26N4S/c1-3-27-21-30(28-19-18-23-17-16-22(2)38-32(23)34(28)39-27)25-12-9-13-26(20-25)33-36-35(29-14-7-8-15-31(29)42-36)41-37(40-33)24-10-5-4-6-11-24/h4-21H,3H2,1-2H3. The van der Waals surface area contributed by atoms with Gasteiger partial charge in [-0.15, -0.1) is 11.3 Å². The van der Waals surface area contributed by atoms with Gasteiger partial charge < -0.3 is 0 Å². The number of fused-ring (bicyclic) bond motifs is 6. The Kier molecular flexibility index (Phi) is 5.79. The highest BCUT2D eigenvalue weighted by Gasteiger charge is 2.18. The van der Waals surface area contributed by atoms with E-state index < -0.39 is 0 Å². The molecule has 0 unspecified atom stereocenters. The normalized spacial score (nSPS) is 11.7. The number of aromatic nitrogens is 4. The van der Waals surface area contributed by atoms with E-state index in [4.69, 9.17) is 19.9 Å². The molecule has 4 aromatic heterocycles. The number of aryl methyl sites for hydroxylation is 2. The summed E-state index contributed by atoms with van der Waals surface area (Å²) in [6.07, 6.45) is 0.847. The molecule has 0 saturated carbocycles. The Morgan fingerprint density at radius 2 is 1.38 bits per heavy atom. The monoisotopic (exact) mass is 558 g/mol. The van der Waals surface area contributed by atoms with Gasteiger partial charge in [0.15, 0.2) is 5.82 Å². The van der Waals surface area contributed by atoms with E-state index in [9.17, 15) is 0 Å². The van der Waals surface area contributed by atoms with Gasteiger partial charge in [0.05, 0.1) is 26.9 Å². The van der Waals surface area contributed by atoms with Gasteiger partial charge in [-0.1, -0.05) is 91.9 Å². The molecule has 0 bridgehead atoms. The fourth-order valence-corrected chi connectivity index (χ4v) is 6.93. The number of nitrogens with zero attached hydrogens (tertiary/aromatic N) is 4. The van der Waals surface area contributed by atoms with E-state index in [1.807, 2.05) is 25.1 Å². The average molecular weight is 559 g/mol. The van der Waals surface area contributed by atoms with E-state index >= 15 is 0 Å². The van der Waals surface area contributed by atoms with Crippen molar-refractivity contribution in [3.8, 4) is 33.8 Å². The van der Waals surface area contributed by atoms with E-state index in [1.165, 1.54) is 4.70 Å². The van der Waals surface area contributed by atoms with Gasteiger partial charge >= 0.3 is 0 Å². The Hall–Kier alpha value is -5.00. The molecule has 0 aliphatic heterocycles. The minimum atomic E-state index is 0.739. The number of pyridine rings is 2. The summed E-state index contributed by atoms with van der Waals surface area (Å²) in [6.45, 7) is 4.19. The summed E-state index contributed by atoms with van der Waals surface area (Å²) in [5.41, 5.74) is 10.3. The summed E-state index contributed by atoms with van der Waals surface area (Å²) in [5, 5.41) is 3.38. The van der Waals surface area contributed by atoms with E-state index in [2.05, 4.69) is 97.9 Å². The third kappa shape index (κ3) is 4.05. The van der Waals surface area contributed by atoms with Crippen molar-refractivity contribution in [2.24, 2.45) is 0 Å². The van der Waals surface area contributed by atoms with Crippen molar-refractivity contribution < 1.29 is 0 Å². The molecule has 0 saturated heterocycles. The minimum absolute atomic E-state index is 0.739. The molecule has 0 aliphatic carbocycles. The molecule has 0 spiro atoms. The lowest BCUT2D eigenvalue weighted by Crippen LogP contribution is -1.96. The van der Waals surface area contributed by atoms with Crippen molar-refractivity contribution >= 4 is 53.4 Å². The summed E-state index contributed by atoms with van der Waals surface area (Å²) in [4.78, 5) is 20.2. The molecule has 4 nitrogen and oxygen atoms in total. The quantitative estimate of drug-likeness (QED) is 0.202. The molecule has 0 N–H and O–H groups in total. The smallest absolute Gasteiger partial charge is 0.160 e. The van der Waals surface area contributed by atoms with Crippen molar-refractivity contribution in [2.45, 2.75) is 20.3 Å². The maximum absolute atomic E-state index is 5.20. The highest BCUT2D eigenvalue weighted by atomic mass is 32.1. The number of hydrogen-bond acceptors (Lipinski definition) is 5. The Bertz CT molecular complexity index is 2300. The van der Waals surface area contributed by atoms with Crippen LogP contribution in [0.2, 0.25) is 0 Å². The van der Waals surface area contributed by atoms with Crippen LogP contribution in [0.4, 0.5) is 0 Å². The fourth-order valence-electron chi connectivity index (χ4n) is 5.78. The second-order valence-corrected chi connectivity index (χ2v) is 11.7. The number of rotatable bonds is 4. The lowest BCUT2D eigenvalue weighted by atomic mass is 9.96. The van der Waals surface area contributed by atoms with Crippen molar-refractivity contribution in [3.63, 3.8) is 0 Å². The van der Waals surface area contributed by atoms with E-state index in [0.717, 1.165) is 89.0 Å². The van der Waals surface area contributed by atoms with Gasteiger partial charge in [-0.2, -0.15) is 0 Å². The van der Waals surface area contributed by atoms with Crippen LogP contribution in [-0.2, 0) is 6.42 Å². The molecule has 8 rings (SSSR count). The fraction of sp³-hybridized carbons (Fsp3) is 0.0811. The van der Waals surface area contributed by atoms with Crippen molar-refractivity contribution in [1.29, 1.82) is 0 Å². The first-order chi connectivity index (χ1) is 20.7. The van der Waals surface area contributed by atoms with Gasteiger partial charge in [-0.05, 0) is 48.7 Å². The topological polar surface area (TPSA) is 51.6 Å². The lowest BCUT2D eigenvalue weighted by Gasteiger charge is -2.13. The van der Waals surface area contributed by atoms with Crippen LogP contribution in [0.1, 0.15) is 18.3 Å². The zero-order valence-corrected chi connectivity index (χ0v) is 24.1. The SMILES string of the molecule is CCc1cc(-c2cccc(-c3nc(-c4ccccc4)nc4c3sc3ccccc34)c2)c2ccc3ccc(C)nc3c2n1. The van der Waals surface area contributed by atoms with Crippen molar-refractivity contribution in [2.75, 3.05) is 0 Å². The van der Waals surface area contributed by atoms with Crippen LogP contribution in [0.15, 0.2) is 109 Å². The molecule has 0 radical (unpaired) electrons. The predicted octanol–water partition coefficient (Wildman–Crippen LogP) is 9.81. The van der Waals surface area contributed by atoms with E-state index in [0.29, 0.717) is 0 Å². The van der Waals surface area contributed by atoms with Gasteiger partial charge in [0.2, 0.25) is 0 Å². The summed E-state index contributed by atoms with van der Waals surface area (Å²) >= 11 is 1.76. The van der Waals surface area contributed by atoms with E-state index in [1.54, 1.807) is 11.3 Å². The second kappa shape index (κ2) is 9.82. The first kappa shape index (κ1) is 24.8. The van der Waals surface area contributed by atoms with Crippen LogP contribution in [-0.4, -0.2) is 19.9 Å². The van der Waals surface area contributed by atoms with Gasteiger partial charge in [0, 0.05) is 43.4 Å². The van der Waals surface area contributed by atoms with Crippen LogP contribution < -0.4 is 0 Å². The molecule has 200 valence electrons. The van der Waals surface area contributed by atoms with Crippen molar-refractivity contribution in [3.05, 3.63) is 121 Å². The van der Waals surface area contributed by atoms with Crippen LogP contribution in [0.25, 0.3) is 75.9 Å². The van der Waals surface area contributed by atoms with Crippen molar-refractivity contribution in [1.82, 2.24) is 19.9 Å². The Morgan fingerprint density at radius 3 is 2.26 bits per heavy atom. The number of benzene rings is 4. The van der Waals surface area contributed by atoms with Gasteiger partial charge in [0.25, 0.3) is 0 Å². The molecule has 4 heterocycles. The molecule has 0 fully saturated rings. The third-order valence-electron chi connectivity index (χ3n) is 7.89. The number of thiophene rings is 1. The highest BCUT2D eigenvalue weighted by molar-refractivity contribution is 7.26. The van der Waals surface area contributed by atoms with Crippen LogP contribution in [0.3, 0.4) is 0 Å². The predicted molar refractivity (Wildman–Crippen MR) is 176 cm³/mol. The number of hydrogen-bond donors (Lipinski definition) is 0. The second-order valence-electron chi connectivity index (χ2n) is 10.6. The Balaban J connectivity index is 1.39. The molecular weight excluding hydrogens is 533 g/mol. The van der Waals surface area contributed by atoms with Crippen LogP contribution >= 0.6 is 11.3 Å². The molecular formula is C37H26N4S. The summed E-state index contributed by atoms with van der Waals surface area (Å²) in [5.74, 6) is 0.739. The van der Waals surface area contributed by atoms with Crippen LogP contribution in [0.5, 0.6) is 0 Å². The summed E-state index contributed by atoms with van der Waals surface area (Å²) < 4.78 is 2.32. The van der Waals surface area contributed by atoms with Gasteiger partial charge in [-0.25, -0.2) is 9.97 Å². The zero-order chi connectivity index (χ0) is 28.2. The first-order valence-corrected chi connectivity index (χ1v) is 15.0. The molecule has 0 amide bonds. The third-order valence-corrected chi connectivity index (χ3v) is 9.06. The lowest BCUT2D eigenvalue weighted by molar-refractivity contribution is 1.06. The average Bonchev–Trinajstić information content (AvgIpc) is 3.43. The molecule has 0 atom stereocenters. The first-order valence-electron chi connectivity index (χ1n) is 14.2. The molecule has 8 aromatic rings. The Morgan fingerprint density at radius 1 is 0.595 bits per heavy atom. The van der Waals surface area contributed by atoms with Gasteiger partial charge in [0.1, 0.15) is 0 Å². The molecule has 5 heteroatoms. The zero-order valence-electron chi connectivity index (χ0n) is 23.3. The highest BCUT2D eigenvalue weighted by Crippen LogP contribution is 2.41. The van der Waals surface area contributed by atoms with Gasteiger partial charge in [-0.3, -0.25) is 9.97 Å². The molecule has 0 aliphatic rings.